The van der Waals surface area contributed by atoms with Crippen molar-refractivity contribution < 1.29 is 18.0 Å². The average molecular weight is 391 g/mol. The van der Waals surface area contributed by atoms with Gasteiger partial charge in [-0.05, 0) is 41.1 Å². The number of aromatic nitrogens is 2. The Balaban J connectivity index is 1.61. The SMILES string of the molecule is O=C(NCc1ccc(Cn2cccn2)cc1)c1ccccc1SC(F)(F)F. The Morgan fingerprint density at radius 1 is 1.04 bits per heavy atom. The lowest BCUT2D eigenvalue weighted by molar-refractivity contribution is -0.0328. The molecule has 27 heavy (non-hydrogen) atoms. The van der Waals surface area contributed by atoms with Crippen LogP contribution in [0.25, 0.3) is 0 Å². The van der Waals surface area contributed by atoms with E-state index in [-0.39, 0.29) is 28.8 Å². The summed E-state index contributed by atoms with van der Waals surface area (Å²) < 4.78 is 39.7. The second kappa shape index (κ2) is 8.30. The van der Waals surface area contributed by atoms with Gasteiger partial charge in [-0.25, -0.2) is 0 Å². The van der Waals surface area contributed by atoms with Crippen molar-refractivity contribution in [2.45, 2.75) is 23.5 Å². The Bertz CT molecular complexity index is 893. The number of nitrogens with zero attached hydrogens (tertiary/aromatic N) is 2. The lowest BCUT2D eigenvalue weighted by Gasteiger charge is -2.11. The maximum Gasteiger partial charge on any atom is 0.446 e. The fourth-order valence-corrected chi connectivity index (χ4v) is 3.16. The summed E-state index contributed by atoms with van der Waals surface area (Å²) in [7, 11) is 0. The van der Waals surface area contributed by atoms with Crippen LogP contribution < -0.4 is 5.32 Å². The lowest BCUT2D eigenvalue weighted by Crippen LogP contribution is -2.23. The molecule has 4 nitrogen and oxygen atoms in total. The Morgan fingerprint density at radius 2 is 1.74 bits per heavy atom. The summed E-state index contributed by atoms with van der Waals surface area (Å²) >= 11 is -0.288. The van der Waals surface area contributed by atoms with Gasteiger partial charge >= 0.3 is 5.51 Å². The van der Waals surface area contributed by atoms with Crippen LogP contribution in [0.1, 0.15) is 21.5 Å². The molecule has 0 atom stereocenters. The first-order chi connectivity index (χ1) is 12.9. The summed E-state index contributed by atoms with van der Waals surface area (Å²) in [6, 6.07) is 15.1. The zero-order valence-corrected chi connectivity index (χ0v) is 14.9. The molecule has 0 unspecified atom stereocenters. The van der Waals surface area contributed by atoms with Crippen molar-refractivity contribution in [1.29, 1.82) is 0 Å². The van der Waals surface area contributed by atoms with Crippen molar-refractivity contribution >= 4 is 17.7 Å². The zero-order valence-electron chi connectivity index (χ0n) is 14.1. The fraction of sp³-hybridized carbons (Fsp3) is 0.158. The van der Waals surface area contributed by atoms with Gasteiger partial charge in [0.15, 0.2) is 0 Å². The zero-order chi connectivity index (χ0) is 19.3. The predicted octanol–water partition coefficient (Wildman–Crippen LogP) is 4.47. The van der Waals surface area contributed by atoms with Gasteiger partial charge in [0.05, 0.1) is 12.1 Å². The highest BCUT2D eigenvalue weighted by Gasteiger charge is 2.31. The van der Waals surface area contributed by atoms with Gasteiger partial charge in [-0.3, -0.25) is 9.48 Å². The van der Waals surface area contributed by atoms with Crippen molar-refractivity contribution in [3.05, 3.63) is 83.7 Å². The normalized spacial score (nSPS) is 11.4. The smallest absolute Gasteiger partial charge is 0.348 e. The predicted molar refractivity (Wildman–Crippen MR) is 97.3 cm³/mol. The molecule has 0 radical (unpaired) electrons. The van der Waals surface area contributed by atoms with Gasteiger partial charge in [-0.2, -0.15) is 18.3 Å². The van der Waals surface area contributed by atoms with Crippen LogP contribution in [0.4, 0.5) is 13.2 Å². The molecule has 0 spiro atoms. The number of carbonyl (C=O) groups excluding carboxylic acids is 1. The van der Waals surface area contributed by atoms with E-state index in [0.717, 1.165) is 11.1 Å². The number of amides is 1. The second-order valence-corrected chi connectivity index (χ2v) is 6.85. The average Bonchev–Trinajstić information content (AvgIpc) is 3.13. The summed E-state index contributed by atoms with van der Waals surface area (Å²) in [5.74, 6) is -0.539. The number of thioether (sulfide) groups is 1. The molecular formula is C19H16F3N3OS. The maximum absolute atomic E-state index is 12.6. The van der Waals surface area contributed by atoms with Crippen molar-refractivity contribution in [1.82, 2.24) is 15.1 Å². The molecule has 0 aliphatic rings. The Hall–Kier alpha value is -2.74. The van der Waals surface area contributed by atoms with Crippen LogP contribution in [-0.2, 0) is 13.1 Å². The minimum Gasteiger partial charge on any atom is -0.348 e. The first-order valence-electron chi connectivity index (χ1n) is 8.09. The number of halogens is 3. The Labute approximate surface area is 158 Å². The highest BCUT2D eigenvalue weighted by molar-refractivity contribution is 8.00. The molecule has 2 aromatic carbocycles. The number of hydrogen-bond acceptors (Lipinski definition) is 3. The highest BCUT2D eigenvalue weighted by atomic mass is 32.2. The van der Waals surface area contributed by atoms with Crippen LogP contribution in [0.15, 0.2) is 71.9 Å². The number of nitrogens with one attached hydrogen (secondary N) is 1. The van der Waals surface area contributed by atoms with Gasteiger partial charge in [0.1, 0.15) is 0 Å². The second-order valence-electron chi connectivity index (χ2n) is 5.75. The molecule has 0 bridgehead atoms. The Kier molecular flexibility index (Phi) is 5.85. The number of hydrogen-bond donors (Lipinski definition) is 1. The van der Waals surface area contributed by atoms with E-state index < -0.39 is 11.4 Å². The molecule has 1 amide bonds. The van der Waals surface area contributed by atoms with E-state index in [1.165, 1.54) is 18.2 Å². The Morgan fingerprint density at radius 3 is 2.41 bits per heavy atom. The van der Waals surface area contributed by atoms with Gasteiger partial charge in [0.2, 0.25) is 0 Å². The van der Waals surface area contributed by atoms with Crippen LogP contribution in [0.2, 0.25) is 0 Å². The summed E-state index contributed by atoms with van der Waals surface area (Å²) in [6.07, 6.45) is 3.57. The third-order valence-corrected chi connectivity index (χ3v) is 4.54. The monoisotopic (exact) mass is 391 g/mol. The van der Waals surface area contributed by atoms with E-state index in [1.54, 1.807) is 16.9 Å². The molecule has 3 rings (SSSR count). The van der Waals surface area contributed by atoms with Crippen molar-refractivity contribution in [2.24, 2.45) is 0 Å². The molecule has 140 valence electrons. The topological polar surface area (TPSA) is 46.9 Å². The summed E-state index contributed by atoms with van der Waals surface area (Å²) in [5, 5.41) is 6.81. The molecule has 0 saturated carbocycles. The summed E-state index contributed by atoms with van der Waals surface area (Å²) in [6.45, 7) is 0.869. The van der Waals surface area contributed by atoms with Gasteiger partial charge in [-0.1, -0.05) is 36.4 Å². The molecule has 1 aromatic heterocycles. The fourth-order valence-electron chi connectivity index (χ4n) is 2.49. The van der Waals surface area contributed by atoms with Crippen molar-refractivity contribution in [3.63, 3.8) is 0 Å². The maximum atomic E-state index is 12.6. The summed E-state index contributed by atoms with van der Waals surface area (Å²) in [4.78, 5) is 12.2. The van der Waals surface area contributed by atoms with E-state index >= 15 is 0 Å². The molecule has 0 fully saturated rings. The van der Waals surface area contributed by atoms with E-state index in [2.05, 4.69) is 10.4 Å². The molecule has 0 aliphatic heterocycles. The largest absolute Gasteiger partial charge is 0.446 e. The first-order valence-corrected chi connectivity index (χ1v) is 8.90. The summed E-state index contributed by atoms with van der Waals surface area (Å²) in [5.41, 5.74) is -2.52. The third kappa shape index (κ3) is 5.62. The molecule has 0 saturated heterocycles. The van der Waals surface area contributed by atoms with E-state index in [9.17, 15) is 18.0 Å². The van der Waals surface area contributed by atoms with Gasteiger partial charge in [0.25, 0.3) is 5.91 Å². The van der Waals surface area contributed by atoms with Crippen LogP contribution in [-0.4, -0.2) is 21.2 Å². The van der Waals surface area contributed by atoms with Gasteiger partial charge in [0, 0.05) is 23.8 Å². The standard InChI is InChI=1S/C19H16F3N3OS/c20-19(21,22)27-17-5-2-1-4-16(17)18(26)23-12-14-6-8-15(9-7-14)13-25-11-3-10-24-25/h1-11H,12-13H2,(H,23,26). The minimum atomic E-state index is -4.44. The molecule has 8 heteroatoms. The van der Waals surface area contributed by atoms with Gasteiger partial charge < -0.3 is 5.32 Å². The van der Waals surface area contributed by atoms with E-state index in [4.69, 9.17) is 0 Å². The number of alkyl halides is 3. The van der Waals surface area contributed by atoms with Crippen LogP contribution in [0, 0.1) is 0 Å². The number of rotatable bonds is 6. The van der Waals surface area contributed by atoms with E-state index in [0.29, 0.717) is 6.54 Å². The highest BCUT2D eigenvalue weighted by Crippen LogP contribution is 2.38. The van der Waals surface area contributed by atoms with Crippen molar-refractivity contribution in [2.75, 3.05) is 0 Å². The van der Waals surface area contributed by atoms with Crippen LogP contribution >= 0.6 is 11.8 Å². The third-order valence-electron chi connectivity index (χ3n) is 3.74. The number of benzene rings is 2. The lowest BCUT2D eigenvalue weighted by atomic mass is 10.1. The quantitative estimate of drug-likeness (QED) is 0.631. The van der Waals surface area contributed by atoms with Gasteiger partial charge in [-0.15, -0.1) is 0 Å². The molecule has 0 aliphatic carbocycles. The molecule has 1 N–H and O–H groups in total. The molecular weight excluding hydrogens is 375 g/mol. The molecule has 3 aromatic rings. The van der Waals surface area contributed by atoms with Crippen LogP contribution in [0.5, 0.6) is 0 Å². The van der Waals surface area contributed by atoms with E-state index in [1.807, 2.05) is 36.5 Å². The minimum absolute atomic E-state index is 0.00938. The van der Waals surface area contributed by atoms with Crippen molar-refractivity contribution in [3.8, 4) is 0 Å². The molecule has 1 heterocycles. The van der Waals surface area contributed by atoms with Crippen LogP contribution in [0.3, 0.4) is 0 Å². The number of carbonyl (C=O) groups is 1. The first kappa shape index (κ1) is 19.0.